The van der Waals surface area contributed by atoms with E-state index in [2.05, 4.69) is 0 Å². The largest absolute Gasteiger partial charge is 0.508 e. The average Bonchev–Trinajstić information content (AvgIpc) is 3.41. The third-order valence-electron chi connectivity index (χ3n) is 11.4. The van der Waals surface area contributed by atoms with Crippen LogP contribution in [0.1, 0.15) is 45.8 Å². The number of fused-ring (bicyclic) bond motifs is 4. The lowest BCUT2D eigenvalue weighted by Crippen LogP contribution is -2.58. The first-order valence-corrected chi connectivity index (χ1v) is 17.0. The Kier molecular flexibility index (Phi) is 7.71. The minimum atomic E-state index is -1.53. The molecule has 10 heteroatoms. The van der Waals surface area contributed by atoms with Gasteiger partial charge in [0.2, 0.25) is 11.8 Å². The molecule has 52 heavy (non-hydrogen) atoms. The Morgan fingerprint density at radius 1 is 0.827 bits per heavy atom. The van der Waals surface area contributed by atoms with Gasteiger partial charge in [0.1, 0.15) is 22.8 Å². The molecule has 6 unspecified atom stereocenters. The lowest BCUT2D eigenvalue weighted by atomic mass is 9.44. The number of carbonyl (C=O) groups is 5. The molecule has 3 N–H and O–H groups in total. The molecule has 0 spiro atoms. The van der Waals surface area contributed by atoms with Crippen LogP contribution in [-0.2, 0) is 24.6 Å². The zero-order valence-corrected chi connectivity index (χ0v) is 27.9. The summed E-state index contributed by atoms with van der Waals surface area (Å²) in [5.74, 6) is -7.72. The number of hydrogen-bond donors (Lipinski definition) is 3. The standard InChI is InChI=1S/C42H33NO9/c1-52-25-13-17-33(44)31(19-25)37-26-15-16-28-36(40(49)43(39(28)48)24-12-14-27(41(50)51)34(45)18-24)30(26)20-32-38(47)29(22-8-4-2-5-9-22)21-35(46)42(32,37)23-10-6-3-7-11-23/h2-15,17-19,21,28,30,32,36-37,44-45H,16,20H2,1H3,(H,50,51). The number of ether oxygens (including phenoxy) is 1. The highest BCUT2D eigenvalue weighted by molar-refractivity contribution is 6.32. The predicted octanol–water partition coefficient (Wildman–Crippen LogP) is 5.83. The minimum absolute atomic E-state index is 0.0306. The lowest BCUT2D eigenvalue weighted by molar-refractivity contribution is -0.135. The fourth-order valence-electron chi connectivity index (χ4n) is 9.20. The Morgan fingerprint density at radius 2 is 1.54 bits per heavy atom. The van der Waals surface area contributed by atoms with E-state index in [1.54, 1.807) is 48.5 Å². The van der Waals surface area contributed by atoms with E-state index in [9.17, 15) is 29.7 Å². The van der Waals surface area contributed by atoms with Crippen molar-refractivity contribution in [1.82, 2.24) is 0 Å². The van der Waals surface area contributed by atoms with Gasteiger partial charge >= 0.3 is 5.97 Å². The topological polar surface area (TPSA) is 159 Å². The summed E-state index contributed by atoms with van der Waals surface area (Å²) in [7, 11) is 1.49. The quantitative estimate of drug-likeness (QED) is 0.167. The third-order valence-corrected chi connectivity index (χ3v) is 11.4. The summed E-state index contributed by atoms with van der Waals surface area (Å²) >= 11 is 0. The number of aromatic hydroxyl groups is 2. The molecule has 4 aromatic rings. The monoisotopic (exact) mass is 695 g/mol. The molecule has 6 atom stereocenters. The number of imide groups is 1. The van der Waals surface area contributed by atoms with Gasteiger partial charge < -0.3 is 20.1 Å². The maximum atomic E-state index is 15.1. The van der Waals surface area contributed by atoms with Crippen molar-refractivity contribution in [2.75, 3.05) is 12.0 Å². The molecule has 8 rings (SSSR count). The number of rotatable bonds is 6. The van der Waals surface area contributed by atoms with Crippen molar-refractivity contribution in [1.29, 1.82) is 0 Å². The van der Waals surface area contributed by atoms with Gasteiger partial charge in [-0.1, -0.05) is 72.3 Å². The molecule has 2 fully saturated rings. The third kappa shape index (κ3) is 4.67. The number of carboxylic acid groups (broad SMARTS) is 1. The first-order chi connectivity index (χ1) is 25.1. The van der Waals surface area contributed by atoms with Crippen molar-refractivity contribution in [3.05, 3.63) is 137 Å². The van der Waals surface area contributed by atoms with Gasteiger partial charge in [-0.2, -0.15) is 0 Å². The first-order valence-electron chi connectivity index (χ1n) is 17.0. The molecule has 1 heterocycles. The second kappa shape index (κ2) is 12.2. The molecule has 0 aromatic heterocycles. The summed E-state index contributed by atoms with van der Waals surface area (Å²) < 4.78 is 5.57. The Labute approximate surface area is 298 Å². The SMILES string of the molecule is COc1ccc(O)c(C2C3=CCC4C(=O)N(c5ccc(C(=O)O)c(O)c5)C(=O)C4C3CC3C(=O)C(c4ccccc4)=CC(=O)C32c2ccccc2)c1. The average molecular weight is 696 g/mol. The van der Waals surface area contributed by atoms with E-state index in [1.165, 1.54) is 25.3 Å². The van der Waals surface area contributed by atoms with Crippen LogP contribution in [-0.4, -0.2) is 51.8 Å². The molecule has 260 valence electrons. The van der Waals surface area contributed by atoms with Crippen LogP contribution in [0.5, 0.6) is 17.2 Å². The fourth-order valence-corrected chi connectivity index (χ4v) is 9.20. The number of hydrogen-bond acceptors (Lipinski definition) is 8. The van der Waals surface area contributed by atoms with Crippen molar-refractivity contribution in [3.8, 4) is 17.2 Å². The first kappa shape index (κ1) is 32.9. The molecule has 1 saturated carbocycles. The van der Waals surface area contributed by atoms with E-state index in [-0.39, 0.29) is 47.0 Å². The van der Waals surface area contributed by atoms with Crippen LogP contribution in [0.25, 0.3) is 5.57 Å². The summed E-state index contributed by atoms with van der Waals surface area (Å²) in [6.45, 7) is 0. The number of Topliss-reactive ketones (excluding diaryl/α,β-unsaturated/α-hetero) is 1. The molecule has 0 bridgehead atoms. The maximum absolute atomic E-state index is 15.1. The molecule has 3 aliphatic carbocycles. The molecule has 4 aromatic carbocycles. The van der Waals surface area contributed by atoms with Crippen LogP contribution in [0.15, 0.2) is 115 Å². The van der Waals surface area contributed by atoms with Gasteiger partial charge in [0.05, 0.1) is 30.0 Å². The van der Waals surface area contributed by atoms with Gasteiger partial charge in [-0.15, -0.1) is 0 Å². The summed E-state index contributed by atoms with van der Waals surface area (Å²) in [4.78, 5) is 71.3. The van der Waals surface area contributed by atoms with Gasteiger partial charge in [-0.25, -0.2) is 9.69 Å². The Hall–Kier alpha value is -6.29. The molecular formula is C42H33NO9. The molecule has 1 aliphatic heterocycles. The van der Waals surface area contributed by atoms with Crippen molar-refractivity contribution < 1.29 is 44.0 Å². The Morgan fingerprint density at radius 3 is 2.21 bits per heavy atom. The van der Waals surface area contributed by atoms with Gasteiger partial charge in [0, 0.05) is 29.0 Å². The number of phenolic OH excluding ortho intramolecular Hbond substituents is 1. The lowest BCUT2D eigenvalue weighted by Gasteiger charge is -2.55. The summed E-state index contributed by atoms with van der Waals surface area (Å²) in [5.41, 5.74) is 0.548. The second-order valence-corrected chi connectivity index (χ2v) is 13.7. The summed E-state index contributed by atoms with van der Waals surface area (Å²) in [6, 6.07) is 26.3. The van der Waals surface area contributed by atoms with Crippen LogP contribution >= 0.6 is 0 Å². The zero-order chi connectivity index (χ0) is 36.5. The number of allylic oxidation sites excluding steroid dienone is 4. The number of benzene rings is 4. The second-order valence-electron chi connectivity index (χ2n) is 13.7. The molecular weight excluding hydrogens is 662 g/mol. The highest BCUT2D eigenvalue weighted by Crippen LogP contribution is 2.64. The van der Waals surface area contributed by atoms with Crippen LogP contribution < -0.4 is 9.64 Å². The summed E-state index contributed by atoms with van der Waals surface area (Å²) in [6.07, 6.45) is 3.50. The number of ketones is 2. The molecule has 2 amide bonds. The number of carbonyl (C=O) groups excluding carboxylic acids is 4. The zero-order valence-electron chi connectivity index (χ0n) is 27.9. The van der Waals surface area contributed by atoms with Crippen LogP contribution in [0, 0.1) is 23.7 Å². The van der Waals surface area contributed by atoms with Crippen molar-refractivity contribution in [2.24, 2.45) is 23.7 Å². The number of anilines is 1. The molecule has 4 aliphatic rings. The van der Waals surface area contributed by atoms with E-state index >= 15 is 9.59 Å². The molecule has 10 nitrogen and oxygen atoms in total. The van der Waals surface area contributed by atoms with Crippen molar-refractivity contribution in [2.45, 2.75) is 24.2 Å². The van der Waals surface area contributed by atoms with E-state index < -0.39 is 58.5 Å². The number of phenols is 2. The number of amides is 2. The number of methoxy groups -OCH3 is 1. The van der Waals surface area contributed by atoms with Gasteiger partial charge in [-0.05, 0) is 66.3 Å². The number of carboxylic acids is 1. The van der Waals surface area contributed by atoms with E-state index in [0.717, 1.165) is 17.0 Å². The van der Waals surface area contributed by atoms with Crippen LogP contribution in [0.4, 0.5) is 5.69 Å². The maximum Gasteiger partial charge on any atom is 0.339 e. The molecule has 0 radical (unpaired) electrons. The Balaban J connectivity index is 1.35. The van der Waals surface area contributed by atoms with Crippen molar-refractivity contribution in [3.63, 3.8) is 0 Å². The van der Waals surface area contributed by atoms with Crippen molar-refractivity contribution >= 4 is 40.6 Å². The van der Waals surface area contributed by atoms with Crippen LogP contribution in [0.2, 0.25) is 0 Å². The highest BCUT2D eigenvalue weighted by atomic mass is 16.5. The van der Waals surface area contributed by atoms with Gasteiger partial charge in [0.15, 0.2) is 11.6 Å². The van der Waals surface area contributed by atoms with E-state index in [4.69, 9.17) is 4.74 Å². The van der Waals surface area contributed by atoms with E-state index in [1.807, 2.05) is 30.3 Å². The summed E-state index contributed by atoms with van der Waals surface area (Å²) in [5, 5.41) is 31.5. The number of aromatic carboxylic acids is 1. The fraction of sp³-hybridized carbons (Fsp3) is 0.214. The normalized spacial score (nSPS) is 26.6. The molecule has 1 saturated heterocycles. The van der Waals surface area contributed by atoms with Gasteiger partial charge in [-0.3, -0.25) is 19.2 Å². The highest BCUT2D eigenvalue weighted by Gasteiger charge is 2.66. The van der Waals surface area contributed by atoms with E-state index in [0.29, 0.717) is 28.0 Å². The predicted molar refractivity (Wildman–Crippen MR) is 189 cm³/mol. The minimum Gasteiger partial charge on any atom is -0.508 e. The number of nitrogens with zero attached hydrogens (tertiary/aromatic N) is 1. The van der Waals surface area contributed by atoms with Gasteiger partial charge in [0.25, 0.3) is 0 Å². The smallest absolute Gasteiger partial charge is 0.339 e. The van der Waals surface area contributed by atoms with Crippen LogP contribution in [0.3, 0.4) is 0 Å². The Bertz CT molecular complexity index is 2260.